The first-order chi connectivity index (χ1) is 12.9. The predicted molar refractivity (Wildman–Crippen MR) is 105 cm³/mol. The zero-order chi connectivity index (χ0) is 19.4. The summed E-state index contributed by atoms with van der Waals surface area (Å²) in [5.41, 5.74) is 6.86. The van der Waals surface area contributed by atoms with Crippen LogP contribution in [0.5, 0.6) is 0 Å². The van der Waals surface area contributed by atoms with Crippen molar-refractivity contribution in [3.05, 3.63) is 35.4 Å². The number of amides is 1. The highest BCUT2D eigenvalue weighted by Gasteiger charge is 2.34. The number of piperazine rings is 1. The van der Waals surface area contributed by atoms with Crippen molar-refractivity contribution in [3.8, 4) is 0 Å². The summed E-state index contributed by atoms with van der Waals surface area (Å²) >= 11 is 0. The Labute approximate surface area is 162 Å². The lowest BCUT2D eigenvalue weighted by molar-refractivity contribution is 0.1000. The van der Waals surface area contributed by atoms with Gasteiger partial charge in [0.25, 0.3) is 10.2 Å². The Kier molecular flexibility index (Phi) is 6.52. The maximum atomic E-state index is 12.9. The zero-order valence-corrected chi connectivity index (χ0v) is 16.8. The van der Waals surface area contributed by atoms with Gasteiger partial charge in [-0.15, -0.1) is 0 Å². The Bertz CT molecular complexity index is 737. The van der Waals surface area contributed by atoms with Crippen LogP contribution in [0.4, 0.5) is 0 Å². The molecule has 0 radical (unpaired) electrons. The van der Waals surface area contributed by atoms with Crippen LogP contribution < -0.4 is 5.73 Å². The van der Waals surface area contributed by atoms with E-state index in [4.69, 9.17) is 5.73 Å². The zero-order valence-electron chi connectivity index (χ0n) is 16.0. The first-order valence-electron chi connectivity index (χ1n) is 9.72. The first-order valence-corrected chi connectivity index (χ1v) is 11.1. The van der Waals surface area contributed by atoms with Crippen LogP contribution in [0.15, 0.2) is 24.3 Å². The van der Waals surface area contributed by atoms with Gasteiger partial charge in [0.1, 0.15) is 0 Å². The van der Waals surface area contributed by atoms with Crippen LogP contribution in [0, 0.1) is 0 Å². The molecule has 1 aromatic rings. The molecule has 2 N–H and O–H groups in total. The second kappa shape index (κ2) is 8.68. The summed E-state index contributed by atoms with van der Waals surface area (Å²) in [7, 11) is -1.65. The molecule has 0 spiro atoms. The molecule has 1 aliphatic carbocycles. The smallest absolute Gasteiger partial charge is 0.282 e. The molecule has 1 heterocycles. The fraction of sp³-hybridized carbons (Fsp3) is 0.632. The first kappa shape index (κ1) is 20.3. The molecule has 1 aliphatic heterocycles. The number of carbonyl (C=O) groups is 1. The number of primary amides is 1. The third kappa shape index (κ3) is 4.87. The number of hydrogen-bond acceptors (Lipinski definition) is 4. The van der Waals surface area contributed by atoms with E-state index in [0.717, 1.165) is 37.8 Å². The molecule has 2 aliphatic rings. The summed E-state index contributed by atoms with van der Waals surface area (Å²) in [5.74, 6) is -0.428. The number of rotatable bonds is 6. The number of benzene rings is 1. The van der Waals surface area contributed by atoms with Crippen molar-refractivity contribution in [2.75, 3.05) is 33.2 Å². The molecule has 0 aromatic heterocycles. The minimum atomic E-state index is -3.38. The van der Waals surface area contributed by atoms with Crippen LogP contribution in [-0.4, -0.2) is 67.1 Å². The monoisotopic (exact) mass is 394 g/mol. The largest absolute Gasteiger partial charge is 0.366 e. The van der Waals surface area contributed by atoms with Crippen molar-refractivity contribution in [1.29, 1.82) is 0 Å². The second-order valence-electron chi connectivity index (χ2n) is 7.55. The van der Waals surface area contributed by atoms with Gasteiger partial charge in [0.2, 0.25) is 5.91 Å². The van der Waals surface area contributed by atoms with E-state index < -0.39 is 16.1 Å². The Morgan fingerprint density at radius 2 is 1.67 bits per heavy atom. The van der Waals surface area contributed by atoms with Gasteiger partial charge in [0.05, 0.1) is 0 Å². The van der Waals surface area contributed by atoms with Crippen LogP contribution in [0.3, 0.4) is 0 Å². The van der Waals surface area contributed by atoms with Crippen LogP contribution in [-0.2, 0) is 16.8 Å². The quantitative estimate of drug-likeness (QED) is 0.790. The Balaban J connectivity index is 1.53. The molecule has 27 heavy (non-hydrogen) atoms. The lowest BCUT2D eigenvalue weighted by Crippen LogP contribution is -2.54. The number of nitrogens with two attached hydrogens (primary N) is 1. The van der Waals surface area contributed by atoms with Crippen LogP contribution in [0.2, 0.25) is 0 Å². The van der Waals surface area contributed by atoms with Crippen molar-refractivity contribution in [2.45, 2.75) is 44.7 Å². The van der Waals surface area contributed by atoms with Gasteiger partial charge in [-0.1, -0.05) is 31.4 Å². The predicted octanol–water partition coefficient (Wildman–Crippen LogP) is 1.41. The summed E-state index contributed by atoms with van der Waals surface area (Å²) in [6, 6.07) is 7.42. The van der Waals surface area contributed by atoms with Crippen LogP contribution >= 0.6 is 0 Å². The topological polar surface area (TPSA) is 87.0 Å². The summed E-state index contributed by atoms with van der Waals surface area (Å²) in [6.45, 7) is 3.17. The summed E-state index contributed by atoms with van der Waals surface area (Å²) in [5, 5.41) is 0. The van der Waals surface area contributed by atoms with E-state index in [-0.39, 0.29) is 6.04 Å². The average molecular weight is 395 g/mol. The molecule has 2 fully saturated rings. The highest BCUT2D eigenvalue weighted by Crippen LogP contribution is 2.25. The fourth-order valence-electron chi connectivity index (χ4n) is 3.97. The summed E-state index contributed by atoms with van der Waals surface area (Å²) in [4.78, 5) is 13.4. The molecule has 1 amide bonds. The lowest BCUT2D eigenvalue weighted by atomic mass is 9.96. The van der Waals surface area contributed by atoms with Gasteiger partial charge >= 0.3 is 0 Å². The fourth-order valence-corrected chi connectivity index (χ4v) is 5.54. The second-order valence-corrected chi connectivity index (χ2v) is 9.54. The molecule has 0 atom stereocenters. The maximum Gasteiger partial charge on any atom is 0.282 e. The van der Waals surface area contributed by atoms with E-state index in [1.54, 1.807) is 27.8 Å². The van der Waals surface area contributed by atoms with Gasteiger partial charge in [-0.2, -0.15) is 17.0 Å². The third-order valence-electron chi connectivity index (χ3n) is 5.76. The molecular weight excluding hydrogens is 364 g/mol. The SMILES string of the molecule is CN(C1CCCCC1)S(=O)(=O)N1CCN(Cc2ccc(C(N)=O)cc2)CC1. The minimum absolute atomic E-state index is 0.144. The van der Waals surface area contributed by atoms with Gasteiger partial charge in [-0.25, -0.2) is 0 Å². The number of hydrogen-bond donors (Lipinski definition) is 1. The van der Waals surface area contributed by atoms with Gasteiger partial charge in [-0.05, 0) is 30.5 Å². The molecular formula is C19H30N4O3S. The highest BCUT2D eigenvalue weighted by molar-refractivity contribution is 7.86. The van der Waals surface area contributed by atoms with Gasteiger partial charge < -0.3 is 5.73 Å². The van der Waals surface area contributed by atoms with E-state index in [2.05, 4.69) is 4.90 Å². The van der Waals surface area contributed by atoms with E-state index in [1.807, 2.05) is 12.1 Å². The molecule has 8 heteroatoms. The minimum Gasteiger partial charge on any atom is -0.366 e. The molecule has 1 saturated carbocycles. The van der Waals surface area contributed by atoms with Crippen molar-refractivity contribution < 1.29 is 13.2 Å². The average Bonchev–Trinajstić information content (AvgIpc) is 2.69. The van der Waals surface area contributed by atoms with Gasteiger partial charge in [0, 0.05) is 51.4 Å². The van der Waals surface area contributed by atoms with E-state index >= 15 is 0 Å². The molecule has 1 saturated heterocycles. The van der Waals surface area contributed by atoms with Crippen molar-refractivity contribution in [2.24, 2.45) is 5.73 Å². The van der Waals surface area contributed by atoms with Crippen molar-refractivity contribution in [3.63, 3.8) is 0 Å². The molecule has 0 unspecified atom stereocenters. The normalized spacial score (nSPS) is 20.8. The Morgan fingerprint density at radius 3 is 2.22 bits per heavy atom. The molecule has 0 bridgehead atoms. The maximum absolute atomic E-state index is 12.9. The molecule has 1 aromatic carbocycles. The van der Waals surface area contributed by atoms with Gasteiger partial charge in [0.15, 0.2) is 0 Å². The molecule has 3 rings (SSSR count). The standard InChI is InChI=1S/C19H30N4O3S/c1-21(18-5-3-2-4-6-18)27(25,26)23-13-11-22(12-14-23)15-16-7-9-17(10-8-16)19(20)24/h7-10,18H,2-6,11-15H2,1H3,(H2,20,24). The lowest BCUT2D eigenvalue weighted by Gasteiger charge is -2.38. The Hall–Kier alpha value is -1.48. The molecule has 7 nitrogen and oxygen atoms in total. The number of carbonyl (C=O) groups excluding carboxylic acids is 1. The summed E-state index contributed by atoms with van der Waals surface area (Å²) < 4.78 is 29.1. The van der Waals surface area contributed by atoms with Crippen LogP contribution in [0.25, 0.3) is 0 Å². The molecule has 150 valence electrons. The van der Waals surface area contributed by atoms with Crippen LogP contribution in [0.1, 0.15) is 48.0 Å². The van der Waals surface area contributed by atoms with E-state index in [9.17, 15) is 13.2 Å². The number of nitrogens with zero attached hydrogens (tertiary/aromatic N) is 3. The van der Waals surface area contributed by atoms with E-state index in [0.29, 0.717) is 31.7 Å². The van der Waals surface area contributed by atoms with E-state index in [1.165, 1.54) is 6.42 Å². The van der Waals surface area contributed by atoms with Gasteiger partial charge in [-0.3, -0.25) is 9.69 Å². The Morgan fingerprint density at radius 1 is 1.07 bits per heavy atom. The third-order valence-corrected chi connectivity index (χ3v) is 7.80. The summed E-state index contributed by atoms with van der Waals surface area (Å²) in [6.07, 6.45) is 5.39. The van der Waals surface area contributed by atoms with Crippen molar-refractivity contribution >= 4 is 16.1 Å². The van der Waals surface area contributed by atoms with Crippen molar-refractivity contribution in [1.82, 2.24) is 13.5 Å². The highest BCUT2D eigenvalue weighted by atomic mass is 32.2.